The van der Waals surface area contributed by atoms with Crippen molar-refractivity contribution in [1.82, 2.24) is 24.7 Å². The van der Waals surface area contributed by atoms with E-state index in [1.165, 1.54) is 11.8 Å². The van der Waals surface area contributed by atoms with E-state index in [9.17, 15) is 0 Å². The number of hydrogen-bond acceptors (Lipinski definition) is 6. The monoisotopic (exact) mass is 347 g/mol. The van der Waals surface area contributed by atoms with Crippen LogP contribution in [0.25, 0.3) is 11.4 Å². The Hall–Kier alpha value is -1.86. The molecule has 8 heteroatoms. The lowest BCUT2D eigenvalue weighted by Gasteiger charge is -2.05. The number of aryl methyl sites for hydroxylation is 1. The van der Waals surface area contributed by atoms with E-state index in [0.717, 1.165) is 46.0 Å². The van der Waals surface area contributed by atoms with Crippen molar-refractivity contribution in [3.8, 4) is 11.4 Å². The van der Waals surface area contributed by atoms with Crippen LogP contribution in [0.3, 0.4) is 0 Å². The minimum absolute atomic E-state index is 0.455. The Morgan fingerprint density at radius 3 is 2.83 bits per heavy atom. The Balaban J connectivity index is 1.65. The Bertz CT molecular complexity index is 871. The maximum absolute atomic E-state index is 6.12. The minimum Gasteiger partial charge on any atom is -0.469 e. The van der Waals surface area contributed by atoms with Gasteiger partial charge in [-0.1, -0.05) is 11.6 Å². The average molecular weight is 348 g/mol. The number of hydrogen-bond donors (Lipinski definition) is 0. The quantitative estimate of drug-likeness (QED) is 0.667. The zero-order chi connectivity index (χ0) is 16.0. The first-order valence-electron chi connectivity index (χ1n) is 7.28. The molecule has 0 saturated heterocycles. The molecule has 1 fully saturated rings. The van der Waals surface area contributed by atoms with E-state index in [-0.39, 0.29) is 0 Å². The highest BCUT2D eigenvalue weighted by Gasteiger charge is 2.27. The van der Waals surface area contributed by atoms with Crippen LogP contribution in [0.1, 0.15) is 30.3 Å². The van der Waals surface area contributed by atoms with Crippen LogP contribution >= 0.6 is 23.4 Å². The third-order valence-electron chi connectivity index (χ3n) is 3.76. The van der Waals surface area contributed by atoms with Crippen molar-refractivity contribution >= 4 is 23.4 Å². The van der Waals surface area contributed by atoms with E-state index in [1.54, 1.807) is 12.3 Å². The second kappa shape index (κ2) is 5.65. The van der Waals surface area contributed by atoms with Gasteiger partial charge in [0.05, 0.1) is 11.8 Å². The molecule has 0 unspecified atom stereocenters. The molecule has 0 N–H and O–H groups in total. The molecule has 1 aliphatic carbocycles. The molecule has 3 aromatic heterocycles. The molecule has 118 valence electrons. The zero-order valence-electron chi connectivity index (χ0n) is 12.7. The van der Waals surface area contributed by atoms with Crippen LogP contribution < -0.4 is 0 Å². The highest BCUT2D eigenvalue weighted by Crippen LogP contribution is 2.39. The molecule has 0 aromatic carbocycles. The van der Waals surface area contributed by atoms with Crippen molar-refractivity contribution in [2.45, 2.75) is 35.9 Å². The minimum atomic E-state index is 0.455. The van der Waals surface area contributed by atoms with Gasteiger partial charge in [0.15, 0.2) is 11.0 Å². The first-order chi connectivity index (χ1) is 11.1. The van der Waals surface area contributed by atoms with Gasteiger partial charge in [0.1, 0.15) is 21.8 Å². The van der Waals surface area contributed by atoms with E-state index < -0.39 is 0 Å². The smallest absolute Gasteiger partial charge is 0.197 e. The molecular formula is C15H14ClN5OS. The predicted octanol–water partition coefficient (Wildman–Crippen LogP) is 3.86. The summed E-state index contributed by atoms with van der Waals surface area (Å²) in [7, 11) is 1.93. The lowest BCUT2D eigenvalue weighted by molar-refractivity contribution is 0.534. The summed E-state index contributed by atoms with van der Waals surface area (Å²) in [5, 5.41) is 10.5. The fourth-order valence-electron chi connectivity index (χ4n) is 2.34. The Morgan fingerprint density at radius 2 is 2.13 bits per heavy atom. The second-order valence-electron chi connectivity index (χ2n) is 5.52. The van der Waals surface area contributed by atoms with Crippen LogP contribution in [-0.4, -0.2) is 24.7 Å². The number of furan rings is 1. The van der Waals surface area contributed by atoms with Gasteiger partial charge >= 0.3 is 0 Å². The summed E-state index contributed by atoms with van der Waals surface area (Å²) in [6.45, 7) is 1.91. The van der Waals surface area contributed by atoms with Gasteiger partial charge < -0.3 is 8.98 Å². The second-order valence-corrected chi connectivity index (χ2v) is 6.89. The van der Waals surface area contributed by atoms with Gasteiger partial charge in [0.25, 0.3) is 0 Å². The van der Waals surface area contributed by atoms with Gasteiger partial charge in [-0.25, -0.2) is 9.97 Å². The molecule has 4 rings (SSSR count). The van der Waals surface area contributed by atoms with E-state index in [2.05, 4.69) is 20.2 Å². The predicted molar refractivity (Wildman–Crippen MR) is 86.6 cm³/mol. The summed E-state index contributed by atoms with van der Waals surface area (Å²) in [6, 6.07) is 3.65. The van der Waals surface area contributed by atoms with Gasteiger partial charge in [-0.3, -0.25) is 0 Å². The molecule has 0 atom stereocenters. The lowest BCUT2D eigenvalue weighted by atomic mass is 10.2. The summed E-state index contributed by atoms with van der Waals surface area (Å²) in [5.41, 5.74) is 0.936. The Kier molecular flexibility index (Phi) is 3.61. The summed E-state index contributed by atoms with van der Waals surface area (Å²) < 4.78 is 7.27. The SMILES string of the molecule is Cc1occc1-c1nnc(Sc2cc(Cl)nc(C3CC3)n2)n1C. The normalized spacial score (nSPS) is 14.4. The summed E-state index contributed by atoms with van der Waals surface area (Å²) in [4.78, 5) is 8.89. The van der Waals surface area contributed by atoms with Crippen molar-refractivity contribution in [3.63, 3.8) is 0 Å². The molecule has 0 bridgehead atoms. The van der Waals surface area contributed by atoms with Crippen LogP contribution in [0.2, 0.25) is 5.15 Å². The third-order valence-corrected chi connectivity index (χ3v) is 4.91. The highest BCUT2D eigenvalue weighted by molar-refractivity contribution is 7.99. The largest absolute Gasteiger partial charge is 0.469 e. The van der Waals surface area contributed by atoms with Crippen LogP contribution in [-0.2, 0) is 7.05 Å². The molecule has 3 heterocycles. The molecular weight excluding hydrogens is 334 g/mol. The average Bonchev–Trinajstić information content (AvgIpc) is 3.20. The van der Waals surface area contributed by atoms with Crippen molar-refractivity contribution < 1.29 is 4.42 Å². The van der Waals surface area contributed by atoms with Crippen molar-refractivity contribution in [1.29, 1.82) is 0 Å². The Labute approximate surface area is 142 Å². The molecule has 3 aromatic rings. The van der Waals surface area contributed by atoms with Crippen LogP contribution in [0, 0.1) is 6.92 Å². The first-order valence-corrected chi connectivity index (χ1v) is 8.47. The summed E-state index contributed by atoms with van der Waals surface area (Å²) >= 11 is 7.55. The number of halogens is 1. The van der Waals surface area contributed by atoms with E-state index in [0.29, 0.717) is 11.1 Å². The van der Waals surface area contributed by atoms with Gasteiger partial charge in [-0.2, -0.15) is 0 Å². The van der Waals surface area contributed by atoms with Crippen molar-refractivity contribution in [2.75, 3.05) is 0 Å². The summed E-state index contributed by atoms with van der Waals surface area (Å²) in [6.07, 6.45) is 3.93. The molecule has 0 radical (unpaired) electrons. The molecule has 6 nitrogen and oxygen atoms in total. The number of nitrogens with zero attached hydrogens (tertiary/aromatic N) is 5. The standard InChI is InChI=1S/C15H14ClN5OS/c1-8-10(5-6-22-8)14-19-20-15(21(14)2)23-12-7-11(16)17-13(18-12)9-3-4-9/h5-7,9H,3-4H2,1-2H3. The molecule has 1 saturated carbocycles. The van der Waals surface area contributed by atoms with Crippen molar-refractivity contribution in [3.05, 3.63) is 35.1 Å². The van der Waals surface area contributed by atoms with Gasteiger partial charge in [0.2, 0.25) is 0 Å². The fraction of sp³-hybridized carbons (Fsp3) is 0.333. The van der Waals surface area contributed by atoms with Crippen LogP contribution in [0.4, 0.5) is 0 Å². The van der Waals surface area contributed by atoms with E-state index >= 15 is 0 Å². The third kappa shape index (κ3) is 2.86. The first kappa shape index (κ1) is 14.7. The highest BCUT2D eigenvalue weighted by atomic mass is 35.5. The van der Waals surface area contributed by atoms with Gasteiger partial charge in [0, 0.05) is 19.0 Å². The molecule has 1 aliphatic rings. The van der Waals surface area contributed by atoms with Crippen molar-refractivity contribution in [2.24, 2.45) is 7.05 Å². The topological polar surface area (TPSA) is 69.6 Å². The van der Waals surface area contributed by atoms with E-state index in [4.69, 9.17) is 16.0 Å². The maximum Gasteiger partial charge on any atom is 0.197 e. The van der Waals surface area contributed by atoms with E-state index in [1.807, 2.05) is 24.6 Å². The maximum atomic E-state index is 6.12. The number of rotatable bonds is 4. The van der Waals surface area contributed by atoms with Crippen LogP contribution in [0.15, 0.2) is 33.0 Å². The van der Waals surface area contributed by atoms with Gasteiger partial charge in [-0.05, 0) is 37.6 Å². The van der Waals surface area contributed by atoms with Gasteiger partial charge in [-0.15, -0.1) is 10.2 Å². The fourth-order valence-corrected chi connectivity index (χ4v) is 3.40. The molecule has 0 aliphatic heterocycles. The molecule has 0 amide bonds. The summed E-state index contributed by atoms with van der Waals surface area (Å²) in [5.74, 6) is 2.87. The molecule has 0 spiro atoms. The zero-order valence-corrected chi connectivity index (χ0v) is 14.2. The number of aromatic nitrogens is 5. The lowest BCUT2D eigenvalue weighted by Crippen LogP contribution is -1.97. The Morgan fingerprint density at radius 1 is 1.30 bits per heavy atom. The molecule has 23 heavy (non-hydrogen) atoms. The van der Waals surface area contributed by atoms with Crippen LogP contribution in [0.5, 0.6) is 0 Å².